The van der Waals surface area contributed by atoms with Gasteiger partial charge in [0, 0.05) is 9.61 Å². The Kier molecular flexibility index (Phi) is 7.82. The molecule has 0 spiro atoms. The van der Waals surface area contributed by atoms with Crippen LogP contribution in [0.1, 0.15) is 63.5 Å². The molecule has 0 aliphatic carbocycles. The van der Waals surface area contributed by atoms with Gasteiger partial charge in [0.1, 0.15) is 5.82 Å². The van der Waals surface area contributed by atoms with Crippen LogP contribution in [0.5, 0.6) is 0 Å². The highest BCUT2D eigenvalue weighted by Crippen LogP contribution is 2.23. The van der Waals surface area contributed by atoms with Gasteiger partial charge in [0.15, 0.2) is 0 Å². The monoisotopic (exact) mass is 363 g/mol. The van der Waals surface area contributed by atoms with Crippen molar-refractivity contribution in [2.45, 2.75) is 57.9 Å². The van der Waals surface area contributed by atoms with Crippen molar-refractivity contribution in [3.63, 3.8) is 0 Å². The standard InChI is InChI=1S/C15H23FIN/c1-2-3-4-5-6-7-8-15(18)13-10-9-12(16)11-14(13)17/h9-11,15H,2-8,18H2,1H3. The number of hydrogen-bond donors (Lipinski definition) is 1. The Hall–Kier alpha value is -0.160. The average molecular weight is 363 g/mol. The third kappa shape index (κ3) is 5.65. The molecule has 1 atom stereocenters. The van der Waals surface area contributed by atoms with Crippen molar-refractivity contribution >= 4 is 22.6 Å². The third-order valence-electron chi connectivity index (χ3n) is 3.23. The lowest BCUT2D eigenvalue weighted by atomic mass is 10.0. The van der Waals surface area contributed by atoms with Crippen LogP contribution in [0, 0.1) is 9.39 Å². The van der Waals surface area contributed by atoms with E-state index >= 15 is 0 Å². The van der Waals surface area contributed by atoms with Crippen molar-refractivity contribution in [3.05, 3.63) is 33.1 Å². The zero-order valence-electron chi connectivity index (χ0n) is 11.1. The van der Waals surface area contributed by atoms with Crippen LogP contribution < -0.4 is 5.73 Å². The van der Waals surface area contributed by atoms with Gasteiger partial charge < -0.3 is 5.73 Å². The number of hydrogen-bond acceptors (Lipinski definition) is 1. The van der Waals surface area contributed by atoms with Gasteiger partial charge in [0.25, 0.3) is 0 Å². The first-order valence-corrected chi connectivity index (χ1v) is 7.93. The highest BCUT2D eigenvalue weighted by atomic mass is 127. The zero-order chi connectivity index (χ0) is 13.4. The molecule has 0 saturated carbocycles. The summed E-state index contributed by atoms with van der Waals surface area (Å²) in [5.74, 6) is -0.185. The predicted molar refractivity (Wildman–Crippen MR) is 84.0 cm³/mol. The van der Waals surface area contributed by atoms with E-state index < -0.39 is 0 Å². The largest absolute Gasteiger partial charge is 0.324 e. The van der Waals surface area contributed by atoms with Gasteiger partial charge >= 0.3 is 0 Å². The van der Waals surface area contributed by atoms with E-state index in [4.69, 9.17) is 5.73 Å². The van der Waals surface area contributed by atoms with Gasteiger partial charge in [-0.05, 0) is 46.7 Å². The van der Waals surface area contributed by atoms with Crippen LogP contribution in [-0.4, -0.2) is 0 Å². The van der Waals surface area contributed by atoms with Crippen molar-refractivity contribution in [2.24, 2.45) is 5.73 Å². The van der Waals surface area contributed by atoms with E-state index in [-0.39, 0.29) is 11.9 Å². The predicted octanol–water partition coefficient (Wildman–Crippen LogP) is 5.18. The molecule has 0 bridgehead atoms. The molecule has 0 aliphatic rings. The Labute approximate surface area is 123 Å². The fourth-order valence-corrected chi connectivity index (χ4v) is 2.98. The van der Waals surface area contributed by atoms with Crippen LogP contribution in [0.15, 0.2) is 18.2 Å². The Balaban J connectivity index is 2.29. The number of benzene rings is 1. The van der Waals surface area contributed by atoms with E-state index in [1.807, 2.05) is 6.07 Å². The molecular formula is C15H23FIN. The first kappa shape index (κ1) is 15.9. The number of unbranched alkanes of at least 4 members (excludes halogenated alkanes) is 5. The van der Waals surface area contributed by atoms with Crippen LogP contribution in [0.4, 0.5) is 4.39 Å². The highest BCUT2D eigenvalue weighted by Gasteiger charge is 2.10. The summed E-state index contributed by atoms with van der Waals surface area (Å²) in [6.07, 6.45) is 8.67. The van der Waals surface area contributed by atoms with E-state index in [0.717, 1.165) is 15.6 Å². The van der Waals surface area contributed by atoms with Gasteiger partial charge in [-0.1, -0.05) is 51.5 Å². The maximum Gasteiger partial charge on any atom is 0.124 e. The van der Waals surface area contributed by atoms with E-state index in [1.165, 1.54) is 44.6 Å². The molecule has 3 heteroatoms. The van der Waals surface area contributed by atoms with Crippen molar-refractivity contribution in [2.75, 3.05) is 0 Å². The minimum atomic E-state index is -0.185. The number of rotatable bonds is 8. The van der Waals surface area contributed by atoms with Gasteiger partial charge in [0.05, 0.1) is 0 Å². The molecule has 2 N–H and O–H groups in total. The van der Waals surface area contributed by atoms with Crippen LogP contribution in [0.2, 0.25) is 0 Å². The quantitative estimate of drug-likeness (QED) is 0.500. The lowest BCUT2D eigenvalue weighted by molar-refractivity contribution is 0.545. The second-order valence-corrected chi connectivity index (χ2v) is 5.99. The highest BCUT2D eigenvalue weighted by molar-refractivity contribution is 14.1. The molecule has 1 aromatic rings. The summed E-state index contributed by atoms with van der Waals surface area (Å²) >= 11 is 2.16. The summed E-state index contributed by atoms with van der Waals surface area (Å²) in [4.78, 5) is 0. The molecule has 0 aromatic heterocycles. The Bertz CT molecular complexity index is 354. The second-order valence-electron chi connectivity index (χ2n) is 4.83. The van der Waals surface area contributed by atoms with Gasteiger partial charge in [0.2, 0.25) is 0 Å². The van der Waals surface area contributed by atoms with E-state index in [1.54, 1.807) is 6.07 Å². The SMILES string of the molecule is CCCCCCCCC(N)c1ccc(F)cc1I. The molecule has 0 heterocycles. The van der Waals surface area contributed by atoms with Gasteiger partial charge in [-0.25, -0.2) is 4.39 Å². The van der Waals surface area contributed by atoms with Crippen molar-refractivity contribution in [1.29, 1.82) is 0 Å². The molecule has 0 amide bonds. The summed E-state index contributed by atoms with van der Waals surface area (Å²) in [5.41, 5.74) is 7.23. The Morgan fingerprint density at radius 2 is 1.83 bits per heavy atom. The maximum absolute atomic E-state index is 13.0. The Morgan fingerprint density at radius 1 is 1.17 bits per heavy atom. The molecule has 1 nitrogen and oxygen atoms in total. The molecule has 102 valence electrons. The van der Waals surface area contributed by atoms with E-state index in [2.05, 4.69) is 29.5 Å². The molecule has 0 aliphatic heterocycles. The molecule has 1 unspecified atom stereocenters. The average Bonchev–Trinajstić information content (AvgIpc) is 2.33. The fourth-order valence-electron chi connectivity index (χ4n) is 2.10. The number of halogens is 2. The molecule has 0 radical (unpaired) electrons. The lowest BCUT2D eigenvalue weighted by Gasteiger charge is -2.13. The fraction of sp³-hybridized carbons (Fsp3) is 0.600. The first-order valence-electron chi connectivity index (χ1n) is 6.85. The van der Waals surface area contributed by atoms with Gasteiger partial charge in [-0.15, -0.1) is 0 Å². The third-order valence-corrected chi connectivity index (χ3v) is 4.16. The van der Waals surface area contributed by atoms with Crippen LogP contribution >= 0.6 is 22.6 Å². The molecule has 0 fully saturated rings. The molecular weight excluding hydrogens is 340 g/mol. The van der Waals surface area contributed by atoms with Crippen molar-refractivity contribution in [1.82, 2.24) is 0 Å². The minimum absolute atomic E-state index is 0.0451. The summed E-state index contributed by atoms with van der Waals surface area (Å²) in [7, 11) is 0. The maximum atomic E-state index is 13.0. The first-order chi connectivity index (χ1) is 8.65. The van der Waals surface area contributed by atoms with Crippen LogP contribution in [-0.2, 0) is 0 Å². The smallest absolute Gasteiger partial charge is 0.124 e. The summed E-state index contributed by atoms with van der Waals surface area (Å²) in [5, 5.41) is 0. The summed E-state index contributed by atoms with van der Waals surface area (Å²) < 4.78 is 13.9. The Morgan fingerprint density at radius 3 is 2.50 bits per heavy atom. The van der Waals surface area contributed by atoms with Crippen LogP contribution in [0.3, 0.4) is 0 Å². The molecule has 0 saturated heterocycles. The molecule has 1 aromatic carbocycles. The zero-order valence-corrected chi connectivity index (χ0v) is 13.2. The van der Waals surface area contributed by atoms with E-state index in [0.29, 0.717) is 0 Å². The minimum Gasteiger partial charge on any atom is -0.324 e. The summed E-state index contributed by atoms with van der Waals surface area (Å²) in [6, 6.07) is 4.91. The van der Waals surface area contributed by atoms with Crippen LogP contribution in [0.25, 0.3) is 0 Å². The molecule has 1 rings (SSSR count). The van der Waals surface area contributed by atoms with Crippen molar-refractivity contribution in [3.8, 4) is 0 Å². The topological polar surface area (TPSA) is 26.0 Å². The van der Waals surface area contributed by atoms with Crippen molar-refractivity contribution < 1.29 is 4.39 Å². The van der Waals surface area contributed by atoms with E-state index in [9.17, 15) is 4.39 Å². The second kappa shape index (κ2) is 8.86. The van der Waals surface area contributed by atoms with Gasteiger partial charge in [-0.2, -0.15) is 0 Å². The normalized spacial score (nSPS) is 12.7. The lowest BCUT2D eigenvalue weighted by Crippen LogP contribution is -2.11. The van der Waals surface area contributed by atoms with Gasteiger partial charge in [-0.3, -0.25) is 0 Å². The summed E-state index contributed by atoms with van der Waals surface area (Å²) in [6.45, 7) is 2.23. The number of nitrogens with two attached hydrogens (primary N) is 1. The molecule has 18 heavy (non-hydrogen) atoms.